The molecule has 1 aromatic carbocycles. The van der Waals surface area contributed by atoms with Crippen molar-refractivity contribution >= 4 is 15.9 Å². The molecule has 0 bridgehead atoms. The van der Waals surface area contributed by atoms with Crippen molar-refractivity contribution in [3.8, 4) is 5.75 Å². The average molecular weight is 258 g/mol. The van der Waals surface area contributed by atoms with Crippen LogP contribution < -0.4 is 5.73 Å². The lowest BCUT2D eigenvalue weighted by Gasteiger charge is -2.21. The predicted octanol–water partition coefficient (Wildman–Crippen LogP) is 2.91. The maximum atomic E-state index is 9.66. The summed E-state index contributed by atoms with van der Waals surface area (Å²) < 4.78 is 0.713. The second kappa shape index (κ2) is 3.91. The van der Waals surface area contributed by atoms with E-state index < -0.39 is 0 Å². The molecule has 0 radical (unpaired) electrons. The summed E-state index contributed by atoms with van der Waals surface area (Å²) in [6.07, 6.45) is 0. The van der Waals surface area contributed by atoms with Crippen molar-refractivity contribution in [3.63, 3.8) is 0 Å². The minimum atomic E-state index is 0.0696. The van der Waals surface area contributed by atoms with Gasteiger partial charge in [0, 0.05) is 12.1 Å². The fourth-order valence-corrected chi connectivity index (χ4v) is 1.75. The molecule has 0 saturated heterocycles. The van der Waals surface area contributed by atoms with E-state index in [1.165, 1.54) is 5.56 Å². The van der Waals surface area contributed by atoms with Gasteiger partial charge in [-0.2, -0.15) is 0 Å². The summed E-state index contributed by atoms with van der Waals surface area (Å²) in [7, 11) is 0. The number of rotatable bonds is 1. The molecule has 0 saturated carbocycles. The van der Waals surface area contributed by atoms with E-state index in [4.69, 9.17) is 5.73 Å². The van der Waals surface area contributed by atoms with Crippen LogP contribution in [0.25, 0.3) is 0 Å². The number of phenols is 1. The third-order valence-electron chi connectivity index (χ3n) is 2.23. The summed E-state index contributed by atoms with van der Waals surface area (Å²) >= 11 is 3.32. The highest BCUT2D eigenvalue weighted by Gasteiger charge is 2.17. The summed E-state index contributed by atoms with van der Waals surface area (Å²) in [6.45, 7) is 6.75. The molecular weight excluding hydrogens is 242 g/mol. The molecule has 14 heavy (non-hydrogen) atoms. The SMILES string of the molecule is CC(C)(C)c1cc(Br)c(O)c(CN)c1. The second-order valence-electron chi connectivity index (χ2n) is 4.42. The van der Waals surface area contributed by atoms with Crippen molar-refractivity contribution in [2.24, 2.45) is 5.73 Å². The first-order valence-electron chi connectivity index (χ1n) is 4.58. The molecule has 0 atom stereocenters. The van der Waals surface area contributed by atoms with Gasteiger partial charge in [-0.25, -0.2) is 0 Å². The molecule has 0 aliphatic carbocycles. The van der Waals surface area contributed by atoms with E-state index in [0.29, 0.717) is 11.0 Å². The van der Waals surface area contributed by atoms with Gasteiger partial charge in [-0.15, -0.1) is 0 Å². The number of hydrogen-bond donors (Lipinski definition) is 2. The van der Waals surface area contributed by atoms with Crippen molar-refractivity contribution < 1.29 is 5.11 Å². The third kappa shape index (κ3) is 2.28. The molecule has 2 nitrogen and oxygen atoms in total. The van der Waals surface area contributed by atoms with Crippen molar-refractivity contribution in [2.45, 2.75) is 32.7 Å². The van der Waals surface area contributed by atoms with Crippen LogP contribution in [0.15, 0.2) is 16.6 Å². The molecular formula is C11H16BrNO. The summed E-state index contributed by atoms with van der Waals surface area (Å²) in [5.74, 6) is 0.250. The van der Waals surface area contributed by atoms with Gasteiger partial charge in [-0.05, 0) is 33.0 Å². The first-order chi connectivity index (χ1) is 6.36. The predicted molar refractivity (Wildman–Crippen MR) is 62.4 cm³/mol. The van der Waals surface area contributed by atoms with Gasteiger partial charge < -0.3 is 10.8 Å². The zero-order valence-corrected chi connectivity index (χ0v) is 10.4. The Morgan fingerprint density at radius 3 is 2.36 bits per heavy atom. The Bertz CT molecular complexity index is 342. The third-order valence-corrected chi connectivity index (χ3v) is 2.83. The van der Waals surface area contributed by atoms with Crippen molar-refractivity contribution in [1.29, 1.82) is 0 Å². The van der Waals surface area contributed by atoms with E-state index in [-0.39, 0.29) is 11.2 Å². The van der Waals surface area contributed by atoms with Crippen LogP contribution in [-0.2, 0) is 12.0 Å². The van der Waals surface area contributed by atoms with Crippen LogP contribution >= 0.6 is 15.9 Å². The Morgan fingerprint density at radius 1 is 1.36 bits per heavy atom. The van der Waals surface area contributed by atoms with Crippen LogP contribution in [-0.4, -0.2) is 5.11 Å². The van der Waals surface area contributed by atoms with Crippen LogP contribution in [0.5, 0.6) is 5.75 Å². The van der Waals surface area contributed by atoms with E-state index in [1.807, 2.05) is 12.1 Å². The highest BCUT2D eigenvalue weighted by Crippen LogP contribution is 2.33. The minimum Gasteiger partial charge on any atom is -0.506 e. The van der Waals surface area contributed by atoms with Gasteiger partial charge >= 0.3 is 0 Å². The van der Waals surface area contributed by atoms with Crippen molar-refractivity contribution in [1.82, 2.24) is 0 Å². The smallest absolute Gasteiger partial charge is 0.134 e. The highest BCUT2D eigenvalue weighted by atomic mass is 79.9. The van der Waals surface area contributed by atoms with Gasteiger partial charge in [0.15, 0.2) is 0 Å². The molecule has 1 aromatic rings. The molecule has 0 fully saturated rings. The lowest BCUT2D eigenvalue weighted by Crippen LogP contribution is -2.12. The molecule has 3 N–H and O–H groups in total. The molecule has 0 spiro atoms. The first-order valence-corrected chi connectivity index (χ1v) is 5.37. The molecule has 3 heteroatoms. The fourth-order valence-electron chi connectivity index (χ4n) is 1.24. The fraction of sp³-hybridized carbons (Fsp3) is 0.455. The van der Waals surface area contributed by atoms with E-state index in [1.54, 1.807) is 0 Å². The summed E-state index contributed by atoms with van der Waals surface area (Å²) in [6, 6.07) is 3.90. The second-order valence-corrected chi connectivity index (χ2v) is 5.27. The lowest BCUT2D eigenvalue weighted by atomic mass is 9.86. The maximum absolute atomic E-state index is 9.66. The molecule has 0 amide bonds. The average Bonchev–Trinajstić information content (AvgIpc) is 2.07. The van der Waals surface area contributed by atoms with E-state index in [2.05, 4.69) is 36.7 Å². The lowest BCUT2D eigenvalue weighted by molar-refractivity contribution is 0.463. The Kier molecular flexibility index (Phi) is 3.22. The van der Waals surface area contributed by atoms with Crippen LogP contribution in [0.3, 0.4) is 0 Å². The standard InChI is InChI=1S/C11H16BrNO/c1-11(2,3)8-4-7(6-13)10(14)9(12)5-8/h4-5,14H,6,13H2,1-3H3. The highest BCUT2D eigenvalue weighted by molar-refractivity contribution is 9.10. The van der Waals surface area contributed by atoms with Crippen LogP contribution in [0.2, 0.25) is 0 Å². The number of benzene rings is 1. The van der Waals surface area contributed by atoms with E-state index in [0.717, 1.165) is 5.56 Å². The van der Waals surface area contributed by atoms with Gasteiger partial charge in [-0.3, -0.25) is 0 Å². The van der Waals surface area contributed by atoms with Crippen molar-refractivity contribution in [3.05, 3.63) is 27.7 Å². The summed E-state index contributed by atoms with van der Waals surface area (Å²) in [5, 5.41) is 9.66. The first kappa shape index (κ1) is 11.5. The molecule has 78 valence electrons. The Labute approximate surface area is 93.3 Å². The number of nitrogens with two attached hydrogens (primary N) is 1. The van der Waals surface area contributed by atoms with Gasteiger partial charge in [0.05, 0.1) is 4.47 Å². The monoisotopic (exact) mass is 257 g/mol. The normalized spacial score (nSPS) is 11.8. The van der Waals surface area contributed by atoms with Gasteiger partial charge in [0.25, 0.3) is 0 Å². The topological polar surface area (TPSA) is 46.2 Å². The van der Waals surface area contributed by atoms with E-state index in [9.17, 15) is 5.11 Å². The number of halogens is 1. The Hall–Kier alpha value is -0.540. The zero-order valence-electron chi connectivity index (χ0n) is 8.76. The number of phenolic OH excluding ortho intramolecular Hbond substituents is 1. The molecule has 0 unspecified atom stereocenters. The summed E-state index contributed by atoms with van der Waals surface area (Å²) in [5.41, 5.74) is 7.57. The van der Waals surface area contributed by atoms with Gasteiger partial charge in [0.1, 0.15) is 5.75 Å². The van der Waals surface area contributed by atoms with Gasteiger partial charge in [0.2, 0.25) is 0 Å². The van der Waals surface area contributed by atoms with Gasteiger partial charge in [-0.1, -0.05) is 26.8 Å². The van der Waals surface area contributed by atoms with Crippen LogP contribution in [0.1, 0.15) is 31.9 Å². The van der Waals surface area contributed by atoms with E-state index >= 15 is 0 Å². The minimum absolute atomic E-state index is 0.0696. The molecule has 0 heterocycles. The molecule has 1 rings (SSSR count). The zero-order chi connectivity index (χ0) is 10.9. The van der Waals surface area contributed by atoms with Crippen LogP contribution in [0.4, 0.5) is 0 Å². The number of hydrogen-bond acceptors (Lipinski definition) is 2. The largest absolute Gasteiger partial charge is 0.506 e. The quantitative estimate of drug-likeness (QED) is 0.813. The number of aromatic hydroxyl groups is 1. The maximum Gasteiger partial charge on any atom is 0.134 e. The van der Waals surface area contributed by atoms with Crippen molar-refractivity contribution in [2.75, 3.05) is 0 Å². The van der Waals surface area contributed by atoms with Crippen LogP contribution in [0, 0.1) is 0 Å². The Morgan fingerprint density at radius 2 is 1.93 bits per heavy atom. The summed E-state index contributed by atoms with van der Waals surface area (Å²) in [4.78, 5) is 0. The molecule has 0 aliphatic rings. The Balaban J connectivity index is 3.30. The molecule has 0 aliphatic heterocycles. The molecule has 0 aromatic heterocycles.